The SMILES string of the molecule is CNC(=O)c1ccc([C@H]2CCCCN2C[C@H](O)CN2CCCC2=O)n1C. The van der Waals surface area contributed by atoms with Crippen molar-refractivity contribution in [2.45, 2.75) is 44.2 Å². The van der Waals surface area contributed by atoms with Crippen LogP contribution in [0.5, 0.6) is 0 Å². The molecule has 7 nitrogen and oxygen atoms in total. The molecule has 0 radical (unpaired) electrons. The first-order chi connectivity index (χ1) is 12.5. The molecule has 1 aromatic heterocycles. The predicted molar refractivity (Wildman–Crippen MR) is 98.8 cm³/mol. The number of hydrogen-bond donors (Lipinski definition) is 2. The first-order valence-corrected chi connectivity index (χ1v) is 9.59. The van der Waals surface area contributed by atoms with Crippen LogP contribution >= 0.6 is 0 Å². The van der Waals surface area contributed by atoms with Crippen LogP contribution in [0.25, 0.3) is 0 Å². The number of nitrogens with one attached hydrogen (secondary N) is 1. The molecule has 3 heterocycles. The van der Waals surface area contributed by atoms with Gasteiger partial charge in [-0.05, 0) is 37.9 Å². The summed E-state index contributed by atoms with van der Waals surface area (Å²) in [5, 5.41) is 13.2. The van der Waals surface area contributed by atoms with Crippen LogP contribution in [0.4, 0.5) is 0 Å². The molecular weight excluding hydrogens is 332 g/mol. The van der Waals surface area contributed by atoms with Gasteiger partial charge >= 0.3 is 0 Å². The Balaban J connectivity index is 1.69. The Labute approximate surface area is 154 Å². The number of piperidine rings is 1. The highest BCUT2D eigenvalue weighted by Crippen LogP contribution is 2.32. The second kappa shape index (κ2) is 8.22. The molecule has 7 heteroatoms. The predicted octanol–water partition coefficient (Wildman–Crippen LogP) is 0.895. The Kier molecular flexibility index (Phi) is 5.98. The summed E-state index contributed by atoms with van der Waals surface area (Å²) < 4.78 is 1.96. The molecule has 0 bridgehead atoms. The highest BCUT2D eigenvalue weighted by molar-refractivity contribution is 5.92. The maximum atomic E-state index is 12.0. The highest BCUT2D eigenvalue weighted by atomic mass is 16.3. The first kappa shape index (κ1) is 18.9. The van der Waals surface area contributed by atoms with E-state index in [1.54, 1.807) is 11.9 Å². The summed E-state index contributed by atoms with van der Waals surface area (Å²) in [6.07, 6.45) is 4.21. The molecule has 0 spiro atoms. The van der Waals surface area contributed by atoms with Crippen molar-refractivity contribution in [3.05, 3.63) is 23.5 Å². The van der Waals surface area contributed by atoms with E-state index in [2.05, 4.69) is 10.2 Å². The molecule has 3 rings (SSSR count). The summed E-state index contributed by atoms with van der Waals surface area (Å²) in [5.74, 6) is 0.0607. The Morgan fingerprint density at radius 3 is 2.77 bits per heavy atom. The van der Waals surface area contributed by atoms with Crippen molar-refractivity contribution in [1.82, 2.24) is 19.7 Å². The normalized spacial score (nSPS) is 22.7. The van der Waals surface area contributed by atoms with Gasteiger partial charge in [-0.1, -0.05) is 6.42 Å². The lowest BCUT2D eigenvalue weighted by atomic mass is 9.98. The standard InChI is InChI=1S/C19H30N4O3/c1-20-19(26)17-9-8-15(21(17)2)16-6-3-4-10-22(16)12-14(24)13-23-11-5-7-18(23)25/h8-9,14,16,24H,3-7,10-13H2,1-2H3,(H,20,26)/t14-,16+/m0/s1. The molecule has 0 unspecified atom stereocenters. The molecule has 0 aromatic carbocycles. The molecule has 2 fully saturated rings. The summed E-state index contributed by atoms with van der Waals surface area (Å²) in [6.45, 7) is 2.65. The van der Waals surface area contributed by atoms with E-state index in [0.29, 0.717) is 25.2 Å². The fourth-order valence-corrected chi connectivity index (χ4v) is 4.24. The number of aromatic nitrogens is 1. The third-order valence-corrected chi connectivity index (χ3v) is 5.62. The molecule has 1 aromatic rings. The van der Waals surface area contributed by atoms with Gasteiger partial charge in [0.1, 0.15) is 5.69 Å². The number of β-amino-alcohol motifs (C(OH)–C–C–N with tert-alkyl or cyclic N) is 1. The first-order valence-electron chi connectivity index (χ1n) is 9.59. The van der Waals surface area contributed by atoms with E-state index in [1.165, 1.54) is 0 Å². The second-order valence-electron chi connectivity index (χ2n) is 7.39. The Morgan fingerprint density at radius 1 is 1.27 bits per heavy atom. The lowest BCUT2D eigenvalue weighted by Gasteiger charge is -2.37. The van der Waals surface area contributed by atoms with Crippen molar-refractivity contribution in [3.8, 4) is 0 Å². The number of carbonyl (C=O) groups is 2. The van der Waals surface area contributed by atoms with Gasteiger partial charge in [-0.2, -0.15) is 0 Å². The summed E-state index contributed by atoms with van der Waals surface area (Å²) in [4.78, 5) is 27.9. The van der Waals surface area contributed by atoms with Crippen molar-refractivity contribution in [2.75, 3.05) is 33.2 Å². The number of nitrogens with zero attached hydrogens (tertiary/aromatic N) is 3. The zero-order valence-electron chi connectivity index (χ0n) is 15.8. The molecular formula is C19H30N4O3. The average Bonchev–Trinajstić information content (AvgIpc) is 3.20. The quantitative estimate of drug-likeness (QED) is 0.788. The molecule has 2 aliphatic heterocycles. The van der Waals surface area contributed by atoms with Crippen molar-refractivity contribution < 1.29 is 14.7 Å². The molecule has 26 heavy (non-hydrogen) atoms. The number of aliphatic hydroxyl groups is 1. The van der Waals surface area contributed by atoms with Gasteiger partial charge < -0.3 is 19.9 Å². The third kappa shape index (κ3) is 3.94. The Morgan fingerprint density at radius 2 is 2.08 bits per heavy atom. The van der Waals surface area contributed by atoms with E-state index in [0.717, 1.165) is 44.5 Å². The van der Waals surface area contributed by atoms with E-state index in [-0.39, 0.29) is 17.9 Å². The highest BCUT2D eigenvalue weighted by Gasteiger charge is 2.30. The van der Waals surface area contributed by atoms with Gasteiger partial charge in [-0.25, -0.2) is 0 Å². The van der Waals surface area contributed by atoms with Crippen LogP contribution in [0.3, 0.4) is 0 Å². The zero-order chi connectivity index (χ0) is 18.7. The minimum Gasteiger partial charge on any atom is -0.390 e. The van der Waals surface area contributed by atoms with Crippen molar-refractivity contribution in [1.29, 1.82) is 0 Å². The summed E-state index contributed by atoms with van der Waals surface area (Å²) >= 11 is 0. The van der Waals surface area contributed by atoms with Gasteiger partial charge in [0.15, 0.2) is 0 Å². The molecule has 2 N–H and O–H groups in total. The van der Waals surface area contributed by atoms with E-state index in [9.17, 15) is 14.7 Å². The molecule has 0 saturated carbocycles. The lowest BCUT2D eigenvalue weighted by Crippen LogP contribution is -2.44. The van der Waals surface area contributed by atoms with Crippen molar-refractivity contribution in [3.63, 3.8) is 0 Å². The molecule has 2 aliphatic rings. The molecule has 2 atom stereocenters. The molecule has 2 amide bonds. The number of likely N-dealkylation sites (tertiary alicyclic amines) is 2. The van der Waals surface area contributed by atoms with Crippen LogP contribution in [0.2, 0.25) is 0 Å². The van der Waals surface area contributed by atoms with E-state index in [1.807, 2.05) is 23.7 Å². The van der Waals surface area contributed by atoms with Crippen molar-refractivity contribution in [2.24, 2.45) is 7.05 Å². The van der Waals surface area contributed by atoms with Crippen molar-refractivity contribution >= 4 is 11.8 Å². The van der Waals surface area contributed by atoms with Gasteiger partial charge in [-0.15, -0.1) is 0 Å². The minimum absolute atomic E-state index is 0.0892. The summed E-state index contributed by atoms with van der Waals surface area (Å²) in [5.41, 5.74) is 1.75. The molecule has 2 saturated heterocycles. The van der Waals surface area contributed by atoms with Crippen LogP contribution < -0.4 is 5.32 Å². The maximum Gasteiger partial charge on any atom is 0.267 e. The third-order valence-electron chi connectivity index (χ3n) is 5.62. The smallest absolute Gasteiger partial charge is 0.267 e. The monoisotopic (exact) mass is 362 g/mol. The topological polar surface area (TPSA) is 77.8 Å². The Bertz CT molecular complexity index is 657. The average molecular weight is 362 g/mol. The zero-order valence-corrected chi connectivity index (χ0v) is 15.8. The van der Waals surface area contributed by atoms with E-state index in [4.69, 9.17) is 0 Å². The number of rotatable bonds is 6. The van der Waals surface area contributed by atoms with Crippen LogP contribution in [0.15, 0.2) is 12.1 Å². The van der Waals surface area contributed by atoms with Gasteiger partial charge in [0.2, 0.25) is 5.91 Å². The van der Waals surface area contributed by atoms with Crippen LogP contribution in [-0.4, -0.2) is 70.6 Å². The van der Waals surface area contributed by atoms with E-state index >= 15 is 0 Å². The number of amides is 2. The number of carbonyl (C=O) groups excluding carboxylic acids is 2. The Hall–Kier alpha value is -1.86. The van der Waals surface area contributed by atoms with Crippen LogP contribution in [0, 0.1) is 0 Å². The van der Waals surface area contributed by atoms with E-state index < -0.39 is 6.10 Å². The summed E-state index contributed by atoms with van der Waals surface area (Å²) in [7, 11) is 3.56. The second-order valence-corrected chi connectivity index (χ2v) is 7.39. The maximum absolute atomic E-state index is 12.0. The summed E-state index contributed by atoms with van der Waals surface area (Å²) in [6, 6.07) is 4.07. The number of aliphatic hydroxyl groups excluding tert-OH is 1. The minimum atomic E-state index is -0.545. The van der Waals surface area contributed by atoms with Gasteiger partial charge in [-0.3, -0.25) is 14.5 Å². The number of hydrogen-bond acceptors (Lipinski definition) is 4. The van der Waals surface area contributed by atoms with Gasteiger partial charge in [0.05, 0.1) is 12.1 Å². The lowest BCUT2D eigenvalue weighted by molar-refractivity contribution is -0.129. The van der Waals surface area contributed by atoms with Gasteiger partial charge in [0, 0.05) is 45.8 Å². The largest absolute Gasteiger partial charge is 0.390 e. The molecule has 144 valence electrons. The molecule has 0 aliphatic carbocycles. The van der Waals surface area contributed by atoms with Crippen LogP contribution in [0.1, 0.15) is 54.3 Å². The fraction of sp³-hybridized carbons (Fsp3) is 0.684. The van der Waals surface area contributed by atoms with Crippen LogP contribution in [-0.2, 0) is 11.8 Å². The van der Waals surface area contributed by atoms with Gasteiger partial charge in [0.25, 0.3) is 5.91 Å². The fourth-order valence-electron chi connectivity index (χ4n) is 4.24.